The summed E-state index contributed by atoms with van der Waals surface area (Å²) in [5, 5.41) is 19.8. The molecule has 0 aliphatic heterocycles. The van der Waals surface area contributed by atoms with Crippen molar-refractivity contribution in [3.8, 4) is 5.75 Å². The maximum Gasteiger partial charge on any atom is 0.273 e. The third-order valence-corrected chi connectivity index (χ3v) is 3.87. The summed E-state index contributed by atoms with van der Waals surface area (Å²) in [6.07, 6.45) is 1.67. The van der Waals surface area contributed by atoms with Crippen molar-refractivity contribution in [2.45, 2.75) is 19.4 Å². The standard InChI is InChI=1S/C20H21N3O3/c1-2-12-26-17-8-6-14(7-9-17)19(24)15-4-3-5-16(13-15)22-20(25)18-10-11-21-23-18/h3-11,13,19,24H,2,12H2,1H3,(H,21,23)(H,22,25). The highest BCUT2D eigenvalue weighted by molar-refractivity contribution is 6.02. The predicted molar refractivity (Wildman–Crippen MR) is 99.3 cm³/mol. The second-order valence-electron chi connectivity index (χ2n) is 5.87. The number of nitrogens with zero attached hydrogens (tertiary/aromatic N) is 1. The fraction of sp³-hybridized carbons (Fsp3) is 0.200. The summed E-state index contributed by atoms with van der Waals surface area (Å²) in [5.41, 5.74) is 2.42. The number of H-pyrrole nitrogens is 1. The van der Waals surface area contributed by atoms with Gasteiger partial charge in [-0.1, -0.05) is 31.2 Å². The monoisotopic (exact) mass is 351 g/mol. The van der Waals surface area contributed by atoms with Gasteiger partial charge in [0, 0.05) is 11.9 Å². The van der Waals surface area contributed by atoms with Crippen molar-refractivity contribution in [3.05, 3.63) is 77.6 Å². The third-order valence-electron chi connectivity index (χ3n) is 3.87. The van der Waals surface area contributed by atoms with E-state index >= 15 is 0 Å². The summed E-state index contributed by atoms with van der Waals surface area (Å²) < 4.78 is 5.56. The van der Waals surface area contributed by atoms with Gasteiger partial charge in [-0.25, -0.2) is 0 Å². The second kappa shape index (κ2) is 8.31. The Kier molecular flexibility index (Phi) is 5.66. The minimum Gasteiger partial charge on any atom is -0.494 e. The second-order valence-corrected chi connectivity index (χ2v) is 5.87. The highest BCUT2D eigenvalue weighted by Crippen LogP contribution is 2.26. The number of aromatic nitrogens is 2. The Morgan fingerprint density at radius 3 is 2.69 bits per heavy atom. The largest absolute Gasteiger partial charge is 0.494 e. The fourth-order valence-corrected chi connectivity index (χ4v) is 2.53. The molecule has 0 aliphatic rings. The summed E-state index contributed by atoms with van der Waals surface area (Å²) in [4.78, 5) is 12.1. The summed E-state index contributed by atoms with van der Waals surface area (Å²) in [7, 11) is 0. The van der Waals surface area contributed by atoms with E-state index in [9.17, 15) is 9.90 Å². The van der Waals surface area contributed by atoms with Crippen molar-refractivity contribution in [2.75, 3.05) is 11.9 Å². The number of aliphatic hydroxyl groups excluding tert-OH is 1. The lowest BCUT2D eigenvalue weighted by molar-refractivity contribution is 0.102. The molecule has 1 heterocycles. The Morgan fingerprint density at radius 1 is 1.19 bits per heavy atom. The number of aliphatic hydroxyl groups is 1. The Morgan fingerprint density at radius 2 is 2.00 bits per heavy atom. The lowest BCUT2D eigenvalue weighted by Gasteiger charge is -2.14. The number of hydrogen-bond donors (Lipinski definition) is 3. The van der Waals surface area contributed by atoms with Crippen molar-refractivity contribution >= 4 is 11.6 Å². The van der Waals surface area contributed by atoms with Crippen LogP contribution in [0.1, 0.15) is 41.1 Å². The highest BCUT2D eigenvalue weighted by Gasteiger charge is 2.13. The number of hydrogen-bond acceptors (Lipinski definition) is 4. The van der Waals surface area contributed by atoms with Crippen LogP contribution in [0.3, 0.4) is 0 Å². The van der Waals surface area contributed by atoms with Crippen LogP contribution in [0.15, 0.2) is 60.8 Å². The van der Waals surface area contributed by atoms with Crippen LogP contribution < -0.4 is 10.1 Å². The molecule has 1 aromatic heterocycles. The van der Waals surface area contributed by atoms with E-state index in [0.29, 0.717) is 23.6 Å². The van der Waals surface area contributed by atoms with Crippen molar-refractivity contribution in [3.63, 3.8) is 0 Å². The zero-order chi connectivity index (χ0) is 18.4. The van der Waals surface area contributed by atoms with Gasteiger partial charge in [0.1, 0.15) is 17.5 Å². The number of rotatable bonds is 7. The molecule has 1 amide bonds. The van der Waals surface area contributed by atoms with Gasteiger partial charge in [0.15, 0.2) is 0 Å². The molecule has 3 N–H and O–H groups in total. The van der Waals surface area contributed by atoms with Crippen molar-refractivity contribution < 1.29 is 14.6 Å². The zero-order valence-electron chi connectivity index (χ0n) is 14.5. The van der Waals surface area contributed by atoms with Crippen molar-refractivity contribution in [1.82, 2.24) is 10.2 Å². The SMILES string of the molecule is CCCOc1ccc(C(O)c2cccc(NC(=O)c3ccn[nH]3)c2)cc1. The molecule has 26 heavy (non-hydrogen) atoms. The number of benzene rings is 2. The molecule has 3 aromatic rings. The van der Waals surface area contributed by atoms with Crippen LogP contribution in [0.2, 0.25) is 0 Å². The average molecular weight is 351 g/mol. The summed E-state index contributed by atoms with van der Waals surface area (Å²) in [5.74, 6) is 0.495. The van der Waals surface area contributed by atoms with Gasteiger partial charge >= 0.3 is 0 Å². The molecule has 3 rings (SSSR count). The Bertz CT molecular complexity index is 845. The van der Waals surface area contributed by atoms with Gasteiger partial charge in [0.25, 0.3) is 5.91 Å². The minimum absolute atomic E-state index is 0.286. The van der Waals surface area contributed by atoms with Crippen LogP contribution in [-0.2, 0) is 0 Å². The number of nitrogens with one attached hydrogen (secondary N) is 2. The van der Waals surface area contributed by atoms with Gasteiger partial charge in [-0.05, 0) is 47.9 Å². The van der Waals surface area contributed by atoms with Crippen LogP contribution >= 0.6 is 0 Å². The molecule has 0 radical (unpaired) electrons. The normalized spacial score (nSPS) is 11.8. The molecule has 6 heteroatoms. The van der Waals surface area contributed by atoms with Crippen molar-refractivity contribution in [1.29, 1.82) is 0 Å². The van der Waals surface area contributed by atoms with E-state index in [0.717, 1.165) is 17.7 Å². The maximum atomic E-state index is 12.1. The third kappa shape index (κ3) is 4.29. The van der Waals surface area contributed by atoms with E-state index in [1.165, 1.54) is 6.20 Å². The maximum absolute atomic E-state index is 12.1. The summed E-state index contributed by atoms with van der Waals surface area (Å²) in [6.45, 7) is 2.72. The van der Waals surface area contributed by atoms with Gasteiger partial charge in [0.05, 0.1) is 6.61 Å². The average Bonchev–Trinajstić information content (AvgIpc) is 3.21. The molecule has 2 aromatic carbocycles. The number of aromatic amines is 1. The van der Waals surface area contributed by atoms with Crippen LogP contribution in [0.25, 0.3) is 0 Å². The molecule has 0 bridgehead atoms. The molecule has 0 saturated carbocycles. The van der Waals surface area contributed by atoms with Crippen LogP contribution in [0, 0.1) is 0 Å². The number of anilines is 1. The fourth-order valence-electron chi connectivity index (χ4n) is 2.53. The molecular formula is C20H21N3O3. The Balaban J connectivity index is 1.71. The molecular weight excluding hydrogens is 330 g/mol. The van der Waals surface area contributed by atoms with Crippen LogP contribution in [0.5, 0.6) is 5.75 Å². The zero-order valence-corrected chi connectivity index (χ0v) is 14.5. The van der Waals surface area contributed by atoms with Crippen molar-refractivity contribution in [2.24, 2.45) is 0 Å². The lowest BCUT2D eigenvalue weighted by Crippen LogP contribution is -2.12. The number of carbonyl (C=O) groups is 1. The van der Waals surface area contributed by atoms with Crippen LogP contribution in [-0.4, -0.2) is 27.8 Å². The van der Waals surface area contributed by atoms with E-state index in [1.807, 2.05) is 30.3 Å². The van der Waals surface area contributed by atoms with E-state index in [2.05, 4.69) is 22.4 Å². The topological polar surface area (TPSA) is 87.2 Å². The highest BCUT2D eigenvalue weighted by atomic mass is 16.5. The van der Waals surface area contributed by atoms with E-state index in [-0.39, 0.29) is 5.91 Å². The van der Waals surface area contributed by atoms with Gasteiger partial charge in [-0.2, -0.15) is 5.10 Å². The first-order valence-corrected chi connectivity index (χ1v) is 8.49. The van der Waals surface area contributed by atoms with Gasteiger partial charge in [-0.3, -0.25) is 9.89 Å². The first-order chi connectivity index (χ1) is 12.7. The molecule has 0 saturated heterocycles. The Hall–Kier alpha value is -3.12. The molecule has 0 aliphatic carbocycles. The van der Waals surface area contributed by atoms with E-state index < -0.39 is 6.10 Å². The quantitative estimate of drug-likeness (QED) is 0.608. The molecule has 6 nitrogen and oxygen atoms in total. The first-order valence-electron chi connectivity index (χ1n) is 8.49. The molecule has 0 fully saturated rings. The predicted octanol–water partition coefficient (Wildman–Crippen LogP) is 3.53. The number of ether oxygens (including phenoxy) is 1. The van der Waals surface area contributed by atoms with Crippen LogP contribution in [0.4, 0.5) is 5.69 Å². The Labute approximate surface area is 151 Å². The summed E-state index contributed by atoms with van der Waals surface area (Å²) >= 11 is 0. The first kappa shape index (κ1) is 17.7. The van der Waals surface area contributed by atoms with Gasteiger partial charge < -0.3 is 15.2 Å². The number of amides is 1. The molecule has 134 valence electrons. The van der Waals surface area contributed by atoms with E-state index in [4.69, 9.17) is 4.74 Å². The minimum atomic E-state index is -0.792. The molecule has 1 atom stereocenters. The van der Waals surface area contributed by atoms with Gasteiger partial charge in [0.2, 0.25) is 0 Å². The van der Waals surface area contributed by atoms with Gasteiger partial charge in [-0.15, -0.1) is 0 Å². The number of carbonyl (C=O) groups excluding carboxylic acids is 1. The lowest BCUT2D eigenvalue weighted by atomic mass is 10.0. The smallest absolute Gasteiger partial charge is 0.273 e. The molecule has 1 unspecified atom stereocenters. The van der Waals surface area contributed by atoms with E-state index in [1.54, 1.807) is 24.3 Å². The molecule has 0 spiro atoms. The summed E-state index contributed by atoms with van der Waals surface area (Å²) in [6, 6.07) is 16.1.